The predicted octanol–water partition coefficient (Wildman–Crippen LogP) is 2.80. The topological polar surface area (TPSA) is 134 Å². The number of halogens is 1. The van der Waals surface area contributed by atoms with E-state index in [-0.39, 0.29) is 29.9 Å². The van der Waals surface area contributed by atoms with Crippen LogP contribution in [0.4, 0.5) is 5.69 Å². The van der Waals surface area contributed by atoms with E-state index in [4.69, 9.17) is 11.6 Å². The van der Waals surface area contributed by atoms with Crippen LogP contribution in [0.5, 0.6) is 0 Å². The van der Waals surface area contributed by atoms with E-state index in [1.165, 1.54) is 6.92 Å². The summed E-state index contributed by atoms with van der Waals surface area (Å²) >= 11 is 6.01. The van der Waals surface area contributed by atoms with Crippen molar-refractivity contribution in [2.45, 2.75) is 70.7 Å². The first-order chi connectivity index (χ1) is 16.7. The van der Waals surface area contributed by atoms with Gasteiger partial charge in [-0.25, -0.2) is 9.50 Å². The summed E-state index contributed by atoms with van der Waals surface area (Å²) < 4.78 is 1.59. The summed E-state index contributed by atoms with van der Waals surface area (Å²) in [6.45, 7) is 5.46. The number of anilines is 1. The van der Waals surface area contributed by atoms with Crippen LogP contribution < -0.4 is 16.0 Å². The van der Waals surface area contributed by atoms with Crippen LogP contribution in [-0.4, -0.2) is 60.7 Å². The number of aliphatic hydroxyl groups excluding tert-OH is 1. The zero-order valence-electron chi connectivity index (χ0n) is 20.0. The average molecular weight is 500 g/mol. The maximum atomic E-state index is 13.2. The number of nitrogens with zero attached hydrogens (tertiary/aromatic N) is 4. The van der Waals surface area contributed by atoms with Crippen molar-refractivity contribution in [3.8, 4) is 11.3 Å². The van der Waals surface area contributed by atoms with E-state index in [2.05, 4.69) is 31.0 Å². The third-order valence-corrected chi connectivity index (χ3v) is 6.18. The normalized spacial score (nSPS) is 18.9. The van der Waals surface area contributed by atoms with Crippen LogP contribution in [0.1, 0.15) is 56.8 Å². The fourth-order valence-electron chi connectivity index (χ4n) is 4.21. The third-order valence-electron chi connectivity index (χ3n) is 5.98. The first kappa shape index (κ1) is 24.9. The summed E-state index contributed by atoms with van der Waals surface area (Å²) in [5.41, 5.74) is 3.13. The second-order valence-corrected chi connectivity index (χ2v) is 9.66. The Labute approximate surface area is 208 Å². The molecule has 0 bridgehead atoms. The molecule has 0 unspecified atom stereocenters. The highest BCUT2D eigenvalue weighted by Gasteiger charge is 2.26. The molecular formula is C24H30ClN7O3. The minimum Gasteiger partial charge on any atom is -0.384 e. The van der Waals surface area contributed by atoms with Gasteiger partial charge in [0.1, 0.15) is 6.10 Å². The smallest absolute Gasteiger partial charge is 0.255 e. The number of carbonyl (C=O) groups is 2. The standard InChI is InChI=1S/C24H30ClN7O3/c1-13(2)29-21-8-20(18-11-28-32-12-15(25)9-27-22(18)32)26-10-19(21)24(35)31-17-6-4-16(5-7-17)30-23(34)14(3)33/h8-14,16-17,33H,4-7H2,1-3H3,(H,26,29)(H,30,34)(H,31,35)/t14-,16?,17?/m0/s1. The van der Waals surface area contributed by atoms with Crippen LogP contribution in [0.3, 0.4) is 0 Å². The van der Waals surface area contributed by atoms with Gasteiger partial charge in [0.15, 0.2) is 5.65 Å². The van der Waals surface area contributed by atoms with Gasteiger partial charge >= 0.3 is 0 Å². The van der Waals surface area contributed by atoms with E-state index in [1.807, 2.05) is 19.9 Å². The van der Waals surface area contributed by atoms with Gasteiger partial charge in [-0.05, 0) is 52.5 Å². The highest BCUT2D eigenvalue weighted by atomic mass is 35.5. The molecule has 0 radical (unpaired) electrons. The van der Waals surface area contributed by atoms with Crippen molar-refractivity contribution in [3.63, 3.8) is 0 Å². The summed E-state index contributed by atoms with van der Waals surface area (Å²) in [6, 6.07) is 1.96. The molecule has 1 atom stereocenters. The highest BCUT2D eigenvalue weighted by Crippen LogP contribution is 2.28. The molecule has 2 amide bonds. The fourth-order valence-corrected chi connectivity index (χ4v) is 4.35. The van der Waals surface area contributed by atoms with Gasteiger partial charge in [0, 0.05) is 30.5 Å². The van der Waals surface area contributed by atoms with Crippen LogP contribution in [-0.2, 0) is 4.79 Å². The van der Waals surface area contributed by atoms with Crippen LogP contribution in [0.15, 0.2) is 30.9 Å². The van der Waals surface area contributed by atoms with Crippen molar-refractivity contribution >= 4 is 34.7 Å². The molecule has 10 nitrogen and oxygen atoms in total. The van der Waals surface area contributed by atoms with Gasteiger partial charge < -0.3 is 21.1 Å². The molecule has 1 aliphatic rings. The number of amides is 2. The summed E-state index contributed by atoms with van der Waals surface area (Å²) in [6.07, 6.45) is 8.42. The molecule has 3 aromatic rings. The van der Waals surface area contributed by atoms with Crippen LogP contribution in [0, 0.1) is 0 Å². The van der Waals surface area contributed by atoms with E-state index in [0.29, 0.717) is 27.6 Å². The molecule has 35 heavy (non-hydrogen) atoms. The number of rotatable bonds is 7. The van der Waals surface area contributed by atoms with E-state index in [1.54, 1.807) is 29.3 Å². The number of aromatic nitrogens is 4. The Hall–Kier alpha value is -3.24. The molecule has 0 aliphatic heterocycles. The van der Waals surface area contributed by atoms with Crippen LogP contribution >= 0.6 is 11.6 Å². The maximum Gasteiger partial charge on any atom is 0.255 e. The number of hydrogen-bond donors (Lipinski definition) is 4. The summed E-state index contributed by atoms with van der Waals surface area (Å²) in [5.74, 6) is -0.564. The lowest BCUT2D eigenvalue weighted by Gasteiger charge is -2.30. The second-order valence-electron chi connectivity index (χ2n) is 9.22. The monoisotopic (exact) mass is 499 g/mol. The molecule has 0 saturated heterocycles. The van der Waals surface area contributed by atoms with Gasteiger partial charge in [0.05, 0.1) is 39.9 Å². The molecule has 1 aliphatic carbocycles. The lowest BCUT2D eigenvalue weighted by Crippen LogP contribution is -2.46. The molecule has 0 aromatic carbocycles. The lowest BCUT2D eigenvalue weighted by molar-refractivity contribution is -0.129. The number of pyridine rings is 1. The predicted molar refractivity (Wildman–Crippen MR) is 133 cm³/mol. The Bertz CT molecular complexity index is 1220. The molecule has 4 rings (SSSR count). The Balaban J connectivity index is 1.49. The van der Waals surface area contributed by atoms with Gasteiger partial charge in [-0.15, -0.1) is 0 Å². The van der Waals surface area contributed by atoms with Crippen molar-refractivity contribution < 1.29 is 14.7 Å². The van der Waals surface area contributed by atoms with Crippen LogP contribution in [0.2, 0.25) is 5.02 Å². The SMILES string of the molecule is CC(C)Nc1cc(-c2cnn3cc(Cl)cnc23)ncc1C(=O)NC1CCC(NC(=O)[C@H](C)O)CC1. The first-order valence-electron chi connectivity index (χ1n) is 11.8. The molecular weight excluding hydrogens is 470 g/mol. The van der Waals surface area contributed by atoms with E-state index >= 15 is 0 Å². The van der Waals surface area contributed by atoms with Gasteiger partial charge in [-0.2, -0.15) is 5.10 Å². The van der Waals surface area contributed by atoms with Crippen molar-refractivity contribution in [1.82, 2.24) is 30.2 Å². The Morgan fingerprint density at radius 1 is 1.06 bits per heavy atom. The van der Waals surface area contributed by atoms with Gasteiger partial charge in [0.25, 0.3) is 5.91 Å². The zero-order chi connectivity index (χ0) is 25.1. The van der Waals surface area contributed by atoms with Crippen molar-refractivity contribution in [2.24, 2.45) is 0 Å². The molecule has 3 heterocycles. The Morgan fingerprint density at radius 3 is 2.40 bits per heavy atom. The zero-order valence-corrected chi connectivity index (χ0v) is 20.7. The van der Waals surface area contributed by atoms with Gasteiger partial charge in [-0.1, -0.05) is 11.6 Å². The number of fused-ring (bicyclic) bond motifs is 1. The number of aliphatic hydroxyl groups is 1. The summed E-state index contributed by atoms with van der Waals surface area (Å²) in [7, 11) is 0. The molecule has 0 spiro atoms. The molecule has 3 aromatic heterocycles. The molecule has 1 fully saturated rings. The van der Waals surface area contributed by atoms with Gasteiger partial charge in [-0.3, -0.25) is 14.6 Å². The number of carbonyl (C=O) groups excluding carboxylic acids is 2. The quantitative estimate of drug-likeness (QED) is 0.392. The minimum atomic E-state index is -1.02. The molecule has 186 valence electrons. The van der Waals surface area contributed by atoms with Crippen molar-refractivity contribution in [2.75, 3.05) is 5.32 Å². The van der Waals surface area contributed by atoms with E-state index in [0.717, 1.165) is 31.2 Å². The molecule has 1 saturated carbocycles. The van der Waals surface area contributed by atoms with Crippen molar-refractivity contribution in [1.29, 1.82) is 0 Å². The Kier molecular flexibility index (Phi) is 7.51. The highest BCUT2D eigenvalue weighted by molar-refractivity contribution is 6.30. The average Bonchev–Trinajstić information content (AvgIpc) is 3.22. The largest absolute Gasteiger partial charge is 0.384 e. The summed E-state index contributed by atoms with van der Waals surface area (Å²) in [4.78, 5) is 33.8. The fraction of sp³-hybridized carbons (Fsp3) is 0.458. The number of hydrogen-bond acceptors (Lipinski definition) is 7. The van der Waals surface area contributed by atoms with Crippen LogP contribution in [0.25, 0.3) is 16.9 Å². The van der Waals surface area contributed by atoms with E-state index in [9.17, 15) is 14.7 Å². The number of nitrogens with one attached hydrogen (secondary N) is 3. The third kappa shape index (κ3) is 5.88. The molecule has 4 N–H and O–H groups in total. The molecule has 11 heteroatoms. The van der Waals surface area contributed by atoms with Gasteiger partial charge in [0.2, 0.25) is 5.91 Å². The Morgan fingerprint density at radius 2 is 1.74 bits per heavy atom. The first-order valence-corrected chi connectivity index (χ1v) is 12.1. The minimum absolute atomic E-state index is 0.00217. The summed E-state index contributed by atoms with van der Waals surface area (Å²) in [5, 5.41) is 23.5. The van der Waals surface area contributed by atoms with Crippen molar-refractivity contribution in [3.05, 3.63) is 41.4 Å². The lowest BCUT2D eigenvalue weighted by atomic mass is 9.90. The maximum absolute atomic E-state index is 13.2. The second kappa shape index (κ2) is 10.6. The van der Waals surface area contributed by atoms with E-state index < -0.39 is 6.10 Å².